The van der Waals surface area contributed by atoms with E-state index < -0.39 is 46.7 Å². The standard InChI is InChI=1S/C10H4F5NO2/c11-4-2-1-3(7(17)8(12)13)5-6(4)16-9(18)10(5,14)15/h1-2,8H,(H,16,18). The lowest BCUT2D eigenvalue weighted by atomic mass is 9.98. The normalized spacial score (nSPS) is 16.7. The number of ketones is 1. The molecule has 0 unspecified atom stereocenters. The summed E-state index contributed by atoms with van der Waals surface area (Å²) in [5, 5.41) is 1.53. The zero-order valence-electron chi connectivity index (χ0n) is 8.44. The summed E-state index contributed by atoms with van der Waals surface area (Å²) >= 11 is 0. The molecule has 1 amide bonds. The van der Waals surface area contributed by atoms with Crippen LogP contribution in [0.5, 0.6) is 0 Å². The third kappa shape index (κ3) is 1.56. The van der Waals surface area contributed by atoms with Gasteiger partial charge in [0.25, 0.3) is 5.91 Å². The van der Waals surface area contributed by atoms with Gasteiger partial charge in [-0.05, 0) is 12.1 Å². The average Bonchev–Trinajstić information content (AvgIpc) is 2.52. The van der Waals surface area contributed by atoms with Gasteiger partial charge in [-0.25, -0.2) is 13.2 Å². The zero-order valence-corrected chi connectivity index (χ0v) is 8.44. The summed E-state index contributed by atoms with van der Waals surface area (Å²) in [6, 6.07) is 1.08. The first-order valence-corrected chi connectivity index (χ1v) is 4.61. The van der Waals surface area contributed by atoms with E-state index in [1.807, 2.05) is 0 Å². The molecule has 8 heteroatoms. The minimum absolute atomic E-state index is 0.511. The van der Waals surface area contributed by atoms with E-state index >= 15 is 0 Å². The van der Waals surface area contributed by atoms with E-state index in [0.29, 0.717) is 12.1 Å². The average molecular weight is 265 g/mol. The molecular formula is C10H4F5NO2. The molecule has 0 fully saturated rings. The Morgan fingerprint density at radius 1 is 1.28 bits per heavy atom. The fourth-order valence-corrected chi connectivity index (χ4v) is 1.65. The number of hydrogen-bond donors (Lipinski definition) is 1. The molecule has 18 heavy (non-hydrogen) atoms. The van der Waals surface area contributed by atoms with Crippen molar-refractivity contribution in [2.75, 3.05) is 5.32 Å². The Bertz CT molecular complexity index is 555. The van der Waals surface area contributed by atoms with Gasteiger partial charge in [0.05, 0.1) is 11.3 Å². The fraction of sp³-hybridized carbons (Fsp3) is 0.200. The van der Waals surface area contributed by atoms with Gasteiger partial charge in [-0.2, -0.15) is 8.78 Å². The van der Waals surface area contributed by atoms with E-state index in [1.54, 1.807) is 0 Å². The van der Waals surface area contributed by atoms with E-state index in [-0.39, 0.29) is 0 Å². The quantitative estimate of drug-likeness (QED) is 0.658. The molecule has 0 aliphatic carbocycles. The number of halogens is 5. The van der Waals surface area contributed by atoms with Crippen molar-refractivity contribution in [3.63, 3.8) is 0 Å². The third-order valence-electron chi connectivity index (χ3n) is 2.46. The van der Waals surface area contributed by atoms with Crippen molar-refractivity contribution in [3.8, 4) is 0 Å². The van der Waals surface area contributed by atoms with Crippen LogP contribution in [0.2, 0.25) is 0 Å². The second-order valence-electron chi connectivity index (χ2n) is 3.54. The number of amides is 1. The molecule has 1 N–H and O–H groups in total. The summed E-state index contributed by atoms with van der Waals surface area (Å²) in [5.41, 5.74) is -3.33. The molecule has 0 saturated heterocycles. The summed E-state index contributed by atoms with van der Waals surface area (Å²) < 4.78 is 64.5. The number of nitrogens with one attached hydrogen (secondary N) is 1. The Labute approximate surface area is 96.6 Å². The van der Waals surface area contributed by atoms with Gasteiger partial charge in [0.15, 0.2) is 0 Å². The lowest BCUT2D eigenvalue weighted by Crippen LogP contribution is -2.26. The van der Waals surface area contributed by atoms with Gasteiger partial charge in [0, 0.05) is 5.56 Å². The van der Waals surface area contributed by atoms with Crippen LogP contribution in [0.4, 0.5) is 27.6 Å². The largest absolute Gasteiger partial charge is 0.352 e. The van der Waals surface area contributed by atoms with Crippen molar-refractivity contribution in [2.24, 2.45) is 0 Å². The number of hydrogen-bond acceptors (Lipinski definition) is 2. The number of fused-ring (bicyclic) bond motifs is 1. The Kier molecular flexibility index (Phi) is 2.60. The molecule has 0 spiro atoms. The van der Waals surface area contributed by atoms with Gasteiger partial charge >= 0.3 is 12.3 Å². The van der Waals surface area contributed by atoms with Gasteiger partial charge in [0.2, 0.25) is 5.78 Å². The summed E-state index contributed by atoms with van der Waals surface area (Å²) in [6.45, 7) is 0. The van der Waals surface area contributed by atoms with Crippen LogP contribution in [0.1, 0.15) is 15.9 Å². The lowest BCUT2D eigenvalue weighted by Gasteiger charge is -2.11. The minimum atomic E-state index is -4.21. The van der Waals surface area contributed by atoms with Gasteiger partial charge in [-0.3, -0.25) is 9.59 Å². The number of alkyl halides is 4. The second kappa shape index (κ2) is 3.76. The predicted octanol–water partition coefficient (Wildman–Crippen LogP) is 2.32. The predicted molar refractivity (Wildman–Crippen MR) is 49.3 cm³/mol. The van der Waals surface area contributed by atoms with E-state index in [1.165, 1.54) is 5.32 Å². The lowest BCUT2D eigenvalue weighted by molar-refractivity contribution is -0.139. The molecule has 96 valence electrons. The molecule has 1 aliphatic heterocycles. The van der Waals surface area contributed by atoms with Crippen LogP contribution in [-0.4, -0.2) is 18.1 Å². The van der Waals surface area contributed by atoms with Crippen LogP contribution < -0.4 is 5.32 Å². The maximum Gasteiger partial charge on any atom is 0.352 e. The number of rotatable bonds is 2. The Hall–Kier alpha value is -1.99. The number of carbonyl (C=O) groups is 2. The van der Waals surface area contributed by atoms with Crippen LogP contribution in [0, 0.1) is 5.82 Å². The van der Waals surface area contributed by atoms with Crippen LogP contribution in [0.15, 0.2) is 12.1 Å². The molecule has 1 aliphatic rings. The highest BCUT2D eigenvalue weighted by Gasteiger charge is 2.52. The van der Waals surface area contributed by atoms with Crippen LogP contribution in [0.25, 0.3) is 0 Å². The van der Waals surface area contributed by atoms with E-state index in [0.717, 1.165) is 0 Å². The van der Waals surface area contributed by atoms with Crippen molar-refractivity contribution in [2.45, 2.75) is 12.3 Å². The first kappa shape index (κ1) is 12.5. The van der Waals surface area contributed by atoms with Crippen LogP contribution >= 0.6 is 0 Å². The van der Waals surface area contributed by atoms with Gasteiger partial charge in [-0.15, -0.1) is 0 Å². The fourth-order valence-electron chi connectivity index (χ4n) is 1.65. The molecule has 0 aromatic heterocycles. The highest BCUT2D eigenvalue weighted by atomic mass is 19.3. The number of benzene rings is 1. The molecule has 1 aromatic carbocycles. The summed E-state index contributed by atoms with van der Waals surface area (Å²) in [5.74, 6) is -9.17. The summed E-state index contributed by atoms with van der Waals surface area (Å²) in [7, 11) is 0. The smallest absolute Gasteiger partial charge is 0.318 e. The van der Waals surface area contributed by atoms with Gasteiger partial charge in [-0.1, -0.05) is 0 Å². The molecule has 0 radical (unpaired) electrons. The highest BCUT2D eigenvalue weighted by Crippen LogP contribution is 2.44. The third-order valence-corrected chi connectivity index (χ3v) is 2.46. The molecular weight excluding hydrogens is 261 g/mol. The number of anilines is 1. The SMILES string of the molecule is O=C(c1ccc(F)c2c1C(F)(F)C(=O)N2)C(F)F. The van der Waals surface area contributed by atoms with Gasteiger partial charge in [0.1, 0.15) is 5.82 Å². The maximum absolute atomic E-state index is 13.4. The van der Waals surface area contributed by atoms with Crippen molar-refractivity contribution in [1.82, 2.24) is 0 Å². The molecule has 2 rings (SSSR count). The van der Waals surface area contributed by atoms with Crippen molar-refractivity contribution >= 4 is 17.4 Å². The van der Waals surface area contributed by atoms with E-state index in [4.69, 9.17) is 0 Å². The molecule has 3 nitrogen and oxygen atoms in total. The minimum Gasteiger partial charge on any atom is -0.318 e. The Morgan fingerprint density at radius 3 is 2.44 bits per heavy atom. The number of carbonyl (C=O) groups excluding carboxylic acids is 2. The second-order valence-corrected chi connectivity index (χ2v) is 3.54. The maximum atomic E-state index is 13.4. The zero-order chi connectivity index (χ0) is 13.7. The van der Waals surface area contributed by atoms with Crippen LogP contribution in [0.3, 0.4) is 0 Å². The Balaban J connectivity index is 2.71. The first-order valence-electron chi connectivity index (χ1n) is 4.61. The monoisotopic (exact) mass is 265 g/mol. The van der Waals surface area contributed by atoms with E-state index in [2.05, 4.69) is 0 Å². The summed E-state index contributed by atoms with van der Waals surface area (Å²) in [6.07, 6.45) is -3.52. The van der Waals surface area contributed by atoms with E-state index in [9.17, 15) is 31.5 Å². The molecule has 1 aromatic rings. The van der Waals surface area contributed by atoms with Crippen molar-refractivity contribution < 1.29 is 31.5 Å². The van der Waals surface area contributed by atoms with Crippen molar-refractivity contribution in [3.05, 3.63) is 29.1 Å². The van der Waals surface area contributed by atoms with Crippen LogP contribution in [-0.2, 0) is 10.7 Å². The van der Waals surface area contributed by atoms with Crippen molar-refractivity contribution in [1.29, 1.82) is 0 Å². The molecule has 0 saturated carbocycles. The summed E-state index contributed by atoms with van der Waals surface area (Å²) in [4.78, 5) is 22.0. The topological polar surface area (TPSA) is 46.2 Å². The molecule has 0 atom stereocenters. The molecule has 1 heterocycles. The van der Waals surface area contributed by atoms with Gasteiger partial charge < -0.3 is 5.32 Å². The highest BCUT2D eigenvalue weighted by molar-refractivity contribution is 6.10. The Morgan fingerprint density at radius 2 is 1.89 bits per heavy atom. The number of Topliss-reactive ketones (excluding diaryl/α,β-unsaturated/α-hetero) is 1. The first-order chi connectivity index (χ1) is 8.26. The molecule has 0 bridgehead atoms.